The molecular formula is C28H31N5O3S. The van der Waals surface area contributed by atoms with Crippen LogP contribution in [0, 0.1) is 13.8 Å². The zero-order valence-corrected chi connectivity index (χ0v) is 22.1. The zero-order chi connectivity index (χ0) is 26.4. The number of hydrogen-bond donors (Lipinski definition) is 2. The topological polar surface area (TPSA) is 96.3 Å². The highest BCUT2D eigenvalue weighted by Gasteiger charge is 2.19. The first-order valence-electron chi connectivity index (χ1n) is 12.3. The van der Waals surface area contributed by atoms with Gasteiger partial charge in [0.05, 0.1) is 18.6 Å². The molecule has 4 rings (SSSR count). The van der Waals surface area contributed by atoms with E-state index in [2.05, 4.69) is 10.6 Å². The normalized spacial score (nSPS) is 11.1. The molecule has 2 heterocycles. The van der Waals surface area contributed by atoms with Crippen molar-refractivity contribution in [3.05, 3.63) is 87.3 Å². The van der Waals surface area contributed by atoms with Crippen LogP contribution in [0.4, 0.5) is 11.4 Å². The van der Waals surface area contributed by atoms with Gasteiger partial charge in [-0.15, -0.1) is 11.3 Å². The van der Waals surface area contributed by atoms with Gasteiger partial charge in [0.25, 0.3) is 5.56 Å². The third-order valence-electron chi connectivity index (χ3n) is 6.06. The summed E-state index contributed by atoms with van der Waals surface area (Å²) in [5, 5.41) is 7.69. The number of carbonyl (C=O) groups excluding carboxylic acids is 2. The molecule has 0 fully saturated rings. The van der Waals surface area contributed by atoms with Crippen LogP contribution in [-0.4, -0.2) is 39.4 Å². The molecule has 0 aliphatic rings. The van der Waals surface area contributed by atoms with Crippen LogP contribution < -0.4 is 16.2 Å². The number of amides is 2. The lowest BCUT2D eigenvalue weighted by molar-refractivity contribution is -0.118. The number of benzene rings is 2. The molecule has 0 radical (unpaired) electrons. The minimum absolute atomic E-state index is 0.134. The van der Waals surface area contributed by atoms with E-state index in [0.29, 0.717) is 28.3 Å². The third-order valence-corrected chi connectivity index (χ3v) is 6.95. The molecule has 2 aromatic carbocycles. The third kappa shape index (κ3) is 6.49. The standard InChI is InChI=1S/C28H31N5O3S/c1-4-14-32(17-25(34)30-21-11-7-5-9-19(21)2)16-24-29-23-13-15-37-27(23)28(36)33(24)18-26(35)31-22-12-8-6-10-20(22)3/h5-13,15H,4,14,16-18H2,1-3H3,(H,30,34)(H,31,35). The lowest BCUT2D eigenvalue weighted by Crippen LogP contribution is -2.37. The van der Waals surface area contributed by atoms with E-state index >= 15 is 0 Å². The Kier molecular flexibility index (Phi) is 8.47. The fraction of sp³-hybridized carbons (Fsp3) is 0.286. The Morgan fingerprint density at radius 3 is 2.19 bits per heavy atom. The molecule has 0 saturated heterocycles. The van der Waals surface area contributed by atoms with Crippen molar-refractivity contribution in [2.45, 2.75) is 40.3 Å². The van der Waals surface area contributed by atoms with E-state index in [1.54, 1.807) is 6.07 Å². The number of anilines is 2. The van der Waals surface area contributed by atoms with E-state index in [0.717, 1.165) is 23.2 Å². The minimum atomic E-state index is -0.310. The number of aromatic nitrogens is 2. The second kappa shape index (κ2) is 11.9. The van der Waals surface area contributed by atoms with Gasteiger partial charge in [-0.05, 0) is 61.5 Å². The summed E-state index contributed by atoms with van der Waals surface area (Å²) in [5.41, 5.74) is 3.73. The Hall–Kier alpha value is -3.82. The van der Waals surface area contributed by atoms with Crippen LogP contribution >= 0.6 is 11.3 Å². The van der Waals surface area contributed by atoms with Crippen molar-refractivity contribution in [2.75, 3.05) is 23.7 Å². The molecule has 2 N–H and O–H groups in total. The van der Waals surface area contributed by atoms with Gasteiger partial charge in [0.15, 0.2) is 0 Å². The second-order valence-electron chi connectivity index (χ2n) is 8.99. The van der Waals surface area contributed by atoms with Crippen LogP contribution in [0.2, 0.25) is 0 Å². The van der Waals surface area contributed by atoms with Gasteiger partial charge in [-0.3, -0.25) is 23.9 Å². The molecule has 0 bridgehead atoms. The van der Waals surface area contributed by atoms with E-state index in [9.17, 15) is 14.4 Å². The molecule has 8 nitrogen and oxygen atoms in total. The number of fused-ring (bicyclic) bond motifs is 1. The maximum atomic E-state index is 13.4. The smallest absolute Gasteiger partial charge is 0.272 e. The van der Waals surface area contributed by atoms with E-state index in [4.69, 9.17) is 4.98 Å². The number of hydrogen-bond acceptors (Lipinski definition) is 6. The number of thiophene rings is 1. The van der Waals surface area contributed by atoms with Gasteiger partial charge in [0.1, 0.15) is 17.1 Å². The Balaban J connectivity index is 1.57. The van der Waals surface area contributed by atoms with Crippen molar-refractivity contribution in [1.82, 2.24) is 14.5 Å². The average molecular weight is 518 g/mol. The van der Waals surface area contributed by atoms with E-state index in [-0.39, 0.29) is 37.0 Å². The maximum absolute atomic E-state index is 13.4. The van der Waals surface area contributed by atoms with Gasteiger partial charge in [-0.2, -0.15) is 0 Å². The Morgan fingerprint density at radius 2 is 1.57 bits per heavy atom. The summed E-state index contributed by atoms with van der Waals surface area (Å²) in [6.07, 6.45) is 0.816. The summed E-state index contributed by atoms with van der Waals surface area (Å²) in [6.45, 7) is 6.75. The zero-order valence-electron chi connectivity index (χ0n) is 21.3. The number of rotatable bonds is 10. The van der Waals surface area contributed by atoms with Crippen LogP contribution in [0.3, 0.4) is 0 Å². The first-order chi connectivity index (χ1) is 17.9. The van der Waals surface area contributed by atoms with Crippen LogP contribution in [-0.2, 0) is 22.7 Å². The predicted octanol–water partition coefficient (Wildman–Crippen LogP) is 4.56. The van der Waals surface area contributed by atoms with E-state index < -0.39 is 0 Å². The van der Waals surface area contributed by atoms with Crippen LogP contribution in [0.15, 0.2) is 64.8 Å². The van der Waals surface area contributed by atoms with Crippen LogP contribution in [0.25, 0.3) is 10.2 Å². The summed E-state index contributed by atoms with van der Waals surface area (Å²) < 4.78 is 1.93. The second-order valence-corrected chi connectivity index (χ2v) is 9.91. The van der Waals surface area contributed by atoms with Crippen molar-refractivity contribution >= 4 is 44.7 Å². The molecule has 2 amide bonds. The van der Waals surface area contributed by atoms with Gasteiger partial charge < -0.3 is 10.6 Å². The van der Waals surface area contributed by atoms with Crippen molar-refractivity contribution in [2.24, 2.45) is 0 Å². The van der Waals surface area contributed by atoms with Gasteiger partial charge in [-0.1, -0.05) is 43.3 Å². The molecule has 37 heavy (non-hydrogen) atoms. The van der Waals surface area contributed by atoms with E-state index in [1.165, 1.54) is 15.9 Å². The fourth-order valence-corrected chi connectivity index (χ4v) is 4.93. The summed E-state index contributed by atoms with van der Waals surface area (Å²) >= 11 is 1.31. The van der Waals surface area contributed by atoms with Crippen LogP contribution in [0.1, 0.15) is 30.3 Å². The highest BCUT2D eigenvalue weighted by Crippen LogP contribution is 2.18. The van der Waals surface area contributed by atoms with E-state index in [1.807, 2.05) is 79.6 Å². The van der Waals surface area contributed by atoms with Gasteiger partial charge in [0, 0.05) is 11.4 Å². The molecule has 192 valence electrons. The van der Waals surface area contributed by atoms with Crippen molar-refractivity contribution in [1.29, 1.82) is 0 Å². The fourth-order valence-electron chi connectivity index (χ4n) is 4.16. The molecule has 0 unspecified atom stereocenters. The van der Waals surface area contributed by atoms with Gasteiger partial charge in [0.2, 0.25) is 11.8 Å². The number of aryl methyl sites for hydroxylation is 2. The molecule has 0 aliphatic carbocycles. The van der Waals surface area contributed by atoms with Crippen molar-refractivity contribution < 1.29 is 9.59 Å². The molecule has 2 aromatic heterocycles. The quantitative estimate of drug-likeness (QED) is 0.321. The highest BCUT2D eigenvalue weighted by atomic mass is 32.1. The lowest BCUT2D eigenvalue weighted by atomic mass is 10.2. The monoisotopic (exact) mass is 517 g/mol. The van der Waals surface area contributed by atoms with Crippen molar-refractivity contribution in [3.63, 3.8) is 0 Å². The molecule has 0 atom stereocenters. The number of nitrogens with zero attached hydrogens (tertiary/aromatic N) is 3. The first-order valence-corrected chi connectivity index (χ1v) is 13.1. The Bertz CT molecular complexity index is 1480. The largest absolute Gasteiger partial charge is 0.325 e. The number of nitrogens with one attached hydrogen (secondary N) is 2. The average Bonchev–Trinajstić information content (AvgIpc) is 3.33. The molecule has 9 heteroatoms. The van der Waals surface area contributed by atoms with Crippen LogP contribution in [0.5, 0.6) is 0 Å². The van der Waals surface area contributed by atoms with Gasteiger partial charge in [-0.25, -0.2) is 4.98 Å². The minimum Gasteiger partial charge on any atom is -0.325 e. The molecular weight excluding hydrogens is 486 g/mol. The van der Waals surface area contributed by atoms with Crippen molar-refractivity contribution in [3.8, 4) is 0 Å². The SMILES string of the molecule is CCCN(CC(=O)Nc1ccccc1C)Cc1nc2ccsc2c(=O)n1CC(=O)Nc1ccccc1C. The Labute approximate surface area is 220 Å². The molecule has 0 spiro atoms. The predicted molar refractivity (Wildman–Crippen MR) is 149 cm³/mol. The maximum Gasteiger partial charge on any atom is 0.272 e. The Morgan fingerprint density at radius 1 is 0.946 bits per heavy atom. The summed E-state index contributed by atoms with van der Waals surface area (Å²) in [6, 6.07) is 16.9. The molecule has 0 aliphatic heterocycles. The number of carbonyl (C=O) groups is 2. The lowest BCUT2D eigenvalue weighted by Gasteiger charge is -2.23. The number of para-hydroxylation sites is 2. The molecule has 4 aromatic rings. The highest BCUT2D eigenvalue weighted by molar-refractivity contribution is 7.17. The summed E-state index contributed by atoms with van der Waals surface area (Å²) in [4.78, 5) is 45.9. The summed E-state index contributed by atoms with van der Waals surface area (Å²) in [5.74, 6) is -0.00628. The molecule has 0 saturated carbocycles. The van der Waals surface area contributed by atoms with Gasteiger partial charge >= 0.3 is 0 Å². The first kappa shape index (κ1) is 26.2. The summed E-state index contributed by atoms with van der Waals surface area (Å²) in [7, 11) is 0.